The molecule has 0 spiro atoms. The SMILES string of the molecule is Cc1[nH]c2cccc(C#N)c2c1[N+](=O)[O-]. The molecule has 0 saturated heterocycles. The van der Waals surface area contributed by atoms with E-state index < -0.39 is 4.92 Å². The van der Waals surface area contributed by atoms with Crippen LogP contribution in [0.5, 0.6) is 0 Å². The Morgan fingerprint density at radius 1 is 1.53 bits per heavy atom. The van der Waals surface area contributed by atoms with Crippen molar-refractivity contribution in [1.29, 1.82) is 5.26 Å². The van der Waals surface area contributed by atoms with Gasteiger partial charge in [0.1, 0.15) is 6.07 Å². The Morgan fingerprint density at radius 2 is 2.27 bits per heavy atom. The second-order valence-electron chi connectivity index (χ2n) is 3.20. The molecule has 2 rings (SSSR count). The molecule has 0 atom stereocenters. The number of nitriles is 1. The molecule has 5 heteroatoms. The fourth-order valence-corrected chi connectivity index (χ4v) is 1.68. The van der Waals surface area contributed by atoms with E-state index in [9.17, 15) is 10.1 Å². The Bertz CT molecular complexity index is 592. The number of fused-ring (bicyclic) bond motifs is 1. The third kappa shape index (κ3) is 1.23. The van der Waals surface area contributed by atoms with Gasteiger partial charge in [0.2, 0.25) is 0 Å². The van der Waals surface area contributed by atoms with Gasteiger partial charge in [0.05, 0.1) is 27.1 Å². The van der Waals surface area contributed by atoms with Crippen LogP contribution in [0.1, 0.15) is 11.3 Å². The Balaban J connectivity index is 2.97. The van der Waals surface area contributed by atoms with E-state index in [1.54, 1.807) is 25.1 Å². The standard InChI is InChI=1S/C10H7N3O2/c1-6-10(13(14)15)9-7(5-11)3-2-4-8(9)12-6/h2-4,12H,1H3. The van der Waals surface area contributed by atoms with Crippen LogP contribution in [-0.2, 0) is 0 Å². The van der Waals surface area contributed by atoms with Crippen molar-refractivity contribution in [2.24, 2.45) is 0 Å². The monoisotopic (exact) mass is 201 g/mol. The summed E-state index contributed by atoms with van der Waals surface area (Å²) in [6.45, 7) is 1.62. The predicted molar refractivity (Wildman–Crippen MR) is 54.4 cm³/mol. The van der Waals surface area contributed by atoms with Crippen molar-refractivity contribution in [2.45, 2.75) is 6.92 Å². The minimum Gasteiger partial charge on any atom is -0.353 e. The fourth-order valence-electron chi connectivity index (χ4n) is 1.68. The van der Waals surface area contributed by atoms with E-state index in [4.69, 9.17) is 5.26 Å². The van der Waals surface area contributed by atoms with Crippen LogP contribution >= 0.6 is 0 Å². The van der Waals surface area contributed by atoms with Gasteiger partial charge in [0.15, 0.2) is 0 Å². The first-order valence-corrected chi connectivity index (χ1v) is 4.31. The molecule has 0 radical (unpaired) electrons. The summed E-state index contributed by atoms with van der Waals surface area (Å²) >= 11 is 0. The first kappa shape index (κ1) is 9.21. The zero-order valence-electron chi connectivity index (χ0n) is 7.94. The number of hydrogen-bond acceptors (Lipinski definition) is 3. The number of rotatable bonds is 1. The highest BCUT2D eigenvalue weighted by atomic mass is 16.6. The number of hydrogen-bond donors (Lipinski definition) is 1. The van der Waals surface area contributed by atoms with Gasteiger partial charge in [-0.2, -0.15) is 5.26 Å². The maximum absolute atomic E-state index is 10.8. The summed E-state index contributed by atoms with van der Waals surface area (Å²) in [7, 11) is 0. The van der Waals surface area contributed by atoms with E-state index in [0.29, 0.717) is 22.2 Å². The molecule has 1 heterocycles. The Kier molecular flexibility index (Phi) is 1.90. The number of aromatic nitrogens is 1. The molecule has 0 aliphatic heterocycles. The fraction of sp³-hybridized carbons (Fsp3) is 0.100. The third-order valence-electron chi connectivity index (χ3n) is 2.28. The number of benzene rings is 1. The van der Waals surface area contributed by atoms with Gasteiger partial charge >= 0.3 is 0 Å². The highest BCUT2D eigenvalue weighted by Crippen LogP contribution is 2.31. The Hall–Kier alpha value is -2.35. The molecular weight excluding hydrogens is 194 g/mol. The summed E-state index contributed by atoms with van der Waals surface area (Å²) in [6.07, 6.45) is 0. The highest BCUT2D eigenvalue weighted by molar-refractivity contribution is 5.95. The minimum atomic E-state index is -0.463. The summed E-state index contributed by atoms with van der Waals surface area (Å²) in [5.74, 6) is 0. The molecule has 0 fully saturated rings. The van der Waals surface area contributed by atoms with Gasteiger partial charge in [0, 0.05) is 0 Å². The molecule has 2 aromatic rings. The van der Waals surface area contributed by atoms with Crippen LogP contribution in [0.25, 0.3) is 10.9 Å². The third-order valence-corrected chi connectivity index (χ3v) is 2.28. The molecule has 0 aliphatic rings. The normalized spacial score (nSPS) is 10.1. The van der Waals surface area contributed by atoms with Crippen molar-refractivity contribution in [3.8, 4) is 6.07 Å². The molecule has 0 unspecified atom stereocenters. The average molecular weight is 201 g/mol. The maximum atomic E-state index is 10.8. The first-order chi connectivity index (χ1) is 7.15. The van der Waals surface area contributed by atoms with Crippen molar-refractivity contribution in [3.63, 3.8) is 0 Å². The number of H-pyrrole nitrogens is 1. The maximum Gasteiger partial charge on any atom is 0.298 e. The van der Waals surface area contributed by atoms with Gasteiger partial charge in [-0.15, -0.1) is 0 Å². The lowest BCUT2D eigenvalue weighted by atomic mass is 10.1. The van der Waals surface area contributed by atoms with Crippen molar-refractivity contribution in [1.82, 2.24) is 4.98 Å². The van der Waals surface area contributed by atoms with E-state index in [0.717, 1.165) is 0 Å². The number of aromatic amines is 1. The molecule has 15 heavy (non-hydrogen) atoms. The first-order valence-electron chi connectivity index (χ1n) is 4.31. The van der Waals surface area contributed by atoms with Crippen LogP contribution in [0, 0.1) is 28.4 Å². The van der Waals surface area contributed by atoms with Crippen LogP contribution in [0.15, 0.2) is 18.2 Å². The molecule has 1 aromatic carbocycles. The van der Waals surface area contributed by atoms with E-state index in [-0.39, 0.29) is 5.69 Å². The van der Waals surface area contributed by atoms with Gasteiger partial charge < -0.3 is 4.98 Å². The second-order valence-corrected chi connectivity index (χ2v) is 3.20. The lowest BCUT2D eigenvalue weighted by Gasteiger charge is -1.92. The van der Waals surface area contributed by atoms with Crippen LogP contribution in [0.2, 0.25) is 0 Å². The Morgan fingerprint density at radius 3 is 2.87 bits per heavy atom. The van der Waals surface area contributed by atoms with E-state index >= 15 is 0 Å². The quantitative estimate of drug-likeness (QED) is 0.567. The van der Waals surface area contributed by atoms with Crippen molar-refractivity contribution >= 4 is 16.6 Å². The summed E-state index contributed by atoms with van der Waals surface area (Å²) in [6, 6.07) is 6.94. The highest BCUT2D eigenvalue weighted by Gasteiger charge is 2.21. The molecule has 1 aromatic heterocycles. The molecule has 0 saturated carbocycles. The smallest absolute Gasteiger partial charge is 0.298 e. The van der Waals surface area contributed by atoms with Crippen LogP contribution < -0.4 is 0 Å². The van der Waals surface area contributed by atoms with Crippen LogP contribution in [-0.4, -0.2) is 9.91 Å². The minimum absolute atomic E-state index is 0.0119. The van der Waals surface area contributed by atoms with Gasteiger partial charge in [0.25, 0.3) is 5.69 Å². The number of nitro groups is 1. The molecule has 5 nitrogen and oxygen atoms in total. The van der Waals surface area contributed by atoms with Gasteiger partial charge in [-0.25, -0.2) is 0 Å². The lowest BCUT2D eigenvalue weighted by Crippen LogP contribution is -1.89. The van der Waals surface area contributed by atoms with Gasteiger partial charge in [-0.1, -0.05) is 6.07 Å². The molecule has 0 amide bonds. The molecular formula is C10H7N3O2. The number of nitrogens with zero attached hydrogens (tertiary/aromatic N) is 2. The van der Waals surface area contributed by atoms with E-state index in [1.165, 1.54) is 0 Å². The summed E-state index contributed by atoms with van der Waals surface area (Å²) in [5, 5.41) is 20.1. The van der Waals surface area contributed by atoms with E-state index in [1.807, 2.05) is 6.07 Å². The van der Waals surface area contributed by atoms with Crippen LogP contribution in [0.3, 0.4) is 0 Å². The zero-order valence-corrected chi connectivity index (χ0v) is 7.94. The largest absolute Gasteiger partial charge is 0.353 e. The summed E-state index contributed by atoms with van der Waals surface area (Å²) in [4.78, 5) is 13.3. The second kappa shape index (κ2) is 3.10. The van der Waals surface area contributed by atoms with Crippen molar-refractivity contribution in [3.05, 3.63) is 39.6 Å². The topological polar surface area (TPSA) is 82.7 Å². The van der Waals surface area contributed by atoms with Crippen molar-refractivity contribution < 1.29 is 4.92 Å². The van der Waals surface area contributed by atoms with E-state index in [2.05, 4.69) is 4.98 Å². The molecule has 0 aliphatic carbocycles. The average Bonchev–Trinajstić information content (AvgIpc) is 2.53. The molecule has 1 N–H and O–H groups in total. The van der Waals surface area contributed by atoms with Crippen molar-refractivity contribution in [2.75, 3.05) is 0 Å². The van der Waals surface area contributed by atoms with Gasteiger partial charge in [-0.3, -0.25) is 10.1 Å². The summed E-state index contributed by atoms with van der Waals surface area (Å²) in [5.41, 5.74) is 1.40. The molecule has 0 bridgehead atoms. The number of aryl methyl sites for hydroxylation is 1. The predicted octanol–water partition coefficient (Wildman–Crippen LogP) is 2.26. The van der Waals surface area contributed by atoms with Gasteiger partial charge in [-0.05, 0) is 19.1 Å². The number of nitrogens with one attached hydrogen (secondary N) is 1. The zero-order chi connectivity index (χ0) is 11.0. The Labute approximate surface area is 85.1 Å². The van der Waals surface area contributed by atoms with Crippen LogP contribution in [0.4, 0.5) is 5.69 Å². The molecule has 74 valence electrons. The lowest BCUT2D eigenvalue weighted by molar-refractivity contribution is -0.383. The summed E-state index contributed by atoms with van der Waals surface area (Å²) < 4.78 is 0.